The van der Waals surface area contributed by atoms with Crippen LogP contribution in [-0.2, 0) is 9.53 Å². The molecule has 1 aromatic heterocycles. The summed E-state index contributed by atoms with van der Waals surface area (Å²) in [6.45, 7) is 5.27. The van der Waals surface area contributed by atoms with Gasteiger partial charge in [0.05, 0.1) is 12.5 Å². The molecule has 3 heterocycles. The van der Waals surface area contributed by atoms with Gasteiger partial charge in [-0.25, -0.2) is 4.98 Å². The van der Waals surface area contributed by atoms with Gasteiger partial charge < -0.3 is 20.3 Å². The number of nitrogens with one attached hydrogen (secondary N) is 2. The van der Waals surface area contributed by atoms with Crippen molar-refractivity contribution in [3.63, 3.8) is 0 Å². The second kappa shape index (κ2) is 8.56. The zero-order chi connectivity index (χ0) is 19.3. The number of piperidine rings is 1. The van der Waals surface area contributed by atoms with Gasteiger partial charge >= 0.3 is 0 Å². The maximum Gasteiger partial charge on any atom is 0.229 e. The van der Waals surface area contributed by atoms with E-state index in [1.165, 1.54) is 19.3 Å². The lowest BCUT2D eigenvalue weighted by Gasteiger charge is -2.28. The number of ether oxygens (including phenoxy) is 1. The third kappa shape index (κ3) is 4.59. The highest BCUT2D eigenvalue weighted by Gasteiger charge is 2.23. The number of rotatable bonds is 5. The summed E-state index contributed by atoms with van der Waals surface area (Å²) in [4.78, 5) is 23.7. The lowest BCUT2D eigenvalue weighted by Crippen LogP contribution is -2.30. The monoisotopic (exact) mass is 381 g/mol. The van der Waals surface area contributed by atoms with Crippen LogP contribution in [0.25, 0.3) is 0 Å². The second-order valence-electron chi connectivity index (χ2n) is 7.49. The molecule has 0 bridgehead atoms. The fourth-order valence-electron chi connectivity index (χ4n) is 3.64. The van der Waals surface area contributed by atoms with Gasteiger partial charge in [-0.05, 0) is 56.9 Å². The highest BCUT2D eigenvalue weighted by molar-refractivity contribution is 5.93. The molecule has 0 spiro atoms. The maximum absolute atomic E-state index is 12.2. The average molecular weight is 381 g/mol. The summed E-state index contributed by atoms with van der Waals surface area (Å²) in [5.74, 6) is 1.55. The van der Waals surface area contributed by atoms with Crippen molar-refractivity contribution in [2.45, 2.75) is 32.6 Å². The number of benzene rings is 1. The van der Waals surface area contributed by atoms with Crippen LogP contribution in [0.5, 0.6) is 0 Å². The molecular weight excluding hydrogens is 354 g/mol. The molecular formula is C21H27N5O2. The van der Waals surface area contributed by atoms with Gasteiger partial charge in [0, 0.05) is 42.8 Å². The number of aromatic nitrogens is 2. The Kier molecular flexibility index (Phi) is 5.71. The van der Waals surface area contributed by atoms with Crippen LogP contribution in [0.3, 0.4) is 0 Å². The summed E-state index contributed by atoms with van der Waals surface area (Å²) < 4.78 is 5.28. The Morgan fingerprint density at radius 2 is 1.86 bits per heavy atom. The van der Waals surface area contributed by atoms with Crippen molar-refractivity contribution in [1.82, 2.24) is 9.97 Å². The van der Waals surface area contributed by atoms with Gasteiger partial charge in [-0.3, -0.25) is 4.79 Å². The predicted molar refractivity (Wildman–Crippen MR) is 110 cm³/mol. The Bertz CT molecular complexity index is 812. The molecule has 28 heavy (non-hydrogen) atoms. The first-order valence-corrected chi connectivity index (χ1v) is 10.0. The molecule has 148 valence electrons. The van der Waals surface area contributed by atoms with Crippen molar-refractivity contribution in [3.05, 3.63) is 36.0 Å². The fourth-order valence-corrected chi connectivity index (χ4v) is 3.64. The van der Waals surface area contributed by atoms with E-state index in [9.17, 15) is 4.79 Å². The number of anilines is 4. The van der Waals surface area contributed by atoms with Gasteiger partial charge in [-0.15, -0.1) is 0 Å². The molecule has 2 fully saturated rings. The van der Waals surface area contributed by atoms with Gasteiger partial charge in [0.1, 0.15) is 5.82 Å². The summed E-state index contributed by atoms with van der Waals surface area (Å²) in [6.07, 6.45) is 4.51. The molecule has 0 unspecified atom stereocenters. The molecule has 0 saturated carbocycles. The average Bonchev–Trinajstić information content (AvgIpc) is 3.25. The number of amides is 1. The van der Waals surface area contributed by atoms with E-state index in [4.69, 9.17) is 9.72 Å². The van der Waals surface area contributed by atoms with E-state index in [0.717, 1.165) is 42.4 Å². The van der Waals surface area contributed by atoms with Crippen LogP contribution in [0.1, 0.15) is 31.4 Å². The molecule has 1 amide bonds. The normalized spacial score (nSPS) is 19.5. The van der Waals surface area contributed by atoms with Crippen LogP contribution in [0.4, 0.5) is 23.1 Å². The Morgan fingerprint density at radius 1 is 1.11 bits per heavy atom. The van der Waals surface area contributed by atoms with Crippen LogP contribution in [0.2, 0.25) is 0 Å². The smallest absolute Gasteiger partial charge is 0.229 e. The van der Waals surface area contributed by atoms with E-state index in [1.807, 2.05) is 37.3 Å². The Hall–Kier alpha value is -2.67. The summed E-state index contributed by atoms with van der Waals surface area (Å²) >= 11 is 0. The highest BCUT2D eigenvalue weighted by Crippen LogP contribution is 2.23. The minimum Gasteiger partial charge on any atom is -0.381 e. The molecule has 1 aromatic carbocycles. The molecule has 1 atom stereocenters. The molecule has 2 N–H and O–H groups in total. The molecule has 7 nitrogen and oxygen atoms in total. The first-order chi connectivity index (χ1) is 13.7. The van der Waals surface area contributed by atoms with Crippen molar-refractivity contribution in [1.29, 1.82) is 0 Å². The van der Waals surface area contributed by atoms with Crippen molar-refractivity contribution in [2.24, 2.45) is 5.92 Å². The first kappa shape index (κ1) is 18.7. The van der Waals surface area contributed by atoms with Crippen LogP contribution in [-0.4, -0.2) is 42.2 Å². The highest BCUT2D eigenvalue weighted by atomic mass is 16.5. The lowest BCUT2D eigenvalue weighted by molar-refractivity contribution is -0.119. The molecule has 2 aromatic rings. The lowest BCUT2D eigenvalue weighted by atomic mass is 10.1. The minimum absolute atomic E-state index is 0.0198. The minimum atomic E-state index is -0.0493. The third-order valence-corrected chi connectivity index (χ3v) is 5.23. The summed E-state index contributed by atoms with van der Waals surface area (Å²) in [7, 11) is 0. The van der Waals surface area contributed by atoms with Gasteiger partial charge in [0.15, 0.2) is 0 Å². The number of carbonyl (C=O) groups is 1. The van der Waals surface area contributed by atoms with E-state index in [1.54, 1.807) is 0 Å². The predicted octanol–water partition coefficient (Wildman–Crippen LogP) is 3.49. The first-order valence-electron chi connectivity index (χ1n) is 10.0. The zero-order valence-electron chi connectivity index (χ0n) is 16.3. The van der Waals surface area contributed by atoms with Crippen molar-refractivity contribution < 1.29 is 9.53 Å². The van der Waals surface area contributed by atoms with Crippen LogP contribution >= 0.6 is 0 Å². The topological polar surface area (TPSA) is 79.4 Å². The third-order valence-electron chi connectivity index (χ3n) is 5.23. The Morgan fingerprint density at radius 3 is 2.57 bits per heavy atom. The summed E-state index contributed by atoms with van der Waals surface area (Å²) in [5, 5.41) is 6.23. The Balaban J connectivity index is 1.41. The van der Waals surface area contributed by atoms with E-state index < -0.39 is 0 Å². The Labute approximate surface area is 165 Å². The molecule has 2 aliphatic heterocycles. The van der Waals surface area contributed by atoms with E-state index in [-0.39, 0.29) is 11.8 Å². The SMILES string of the molecule is Cc1cc(N2CCCCC2)nc(Nc2ccc(NC(=O)[C@H]3CCOC3)cc2)n1. The van der Waals surface area contributed by atoms with Crippen LogP contribution in [0, 0.1) is 12.8 Å². The van der Waals surface area contributed by atoms with Crippen molar-refractivity contribution in [3.8, 4) is 0 Å². The molecule has 0 radical (unpaired) electrons. The fraction of sp³-hybridized carbons (Fsp3) is 0.476. The van der Waals surface area contributed by atoms with Gasteiger partial charge in [-0.2, -0.15) is 4.98 Å². The summed E-state index contributed by atoms with van der Waals surface area (Å²) in [6, 6.07) is 9.66. The van der Waals surface area contributed by atoms with Crippen LogP contribution < -0.4 is 15.5 Å². The van der Waals surface area contributed by atoms with E-state index in [2.05, 4.69) is 20.5 Å². The zero-order valence-corrected chi connectivity index (χ0v) is 16.3. The van der Waals surface area contributed by atoms with Crippen molar-refractivity contribution >= 4 is 29.0 Å². The second-order valence-corrected chi connectivity index (χ2v) is 7.49. The molecule has 2 aliphatic rings. The number of nitrogens with zero attached hydrogens (tertiary/aromatic N) is 3. The standard InChI is InChI=1S/C21H27N5O2/c1-15-13-19(26-10-3-2-4-11-26)25-21(22-15)24-18-7-5-17(6-8-18)23-20(27)16-9-12-28-14-16/h5-8,13,16H,2-4,9-12,14H2,1H3,(H,23,27)(H,22,24,25)/t16-/m0/s1. The molecule has 7 heteroatoms. The quantitative estimate of drug-likeness (QED) is 0.825. The molecule has 4 rings (SSSR count). The van der Waals surface area contributed by atoms with E-state index in [0.29, 0.717) is 19.2 Å². The summed E-state index contributed by atoms with van der Waals surface area (Å²) in [5.41, 5.74) is 2.61. The molecule has 0 aliphatic carbocycles. The number of hydrogen-bond donors (Lipinski definition) is 2. The van der Waals surface area contributed by atoms with Crippen molar-refractivity contribution in [2.75, 3.05) is 41.8 Å². The number of carbonyl (C=O) groups excluding carboxylic acids is 1. The number of hydrogen-bond acceptors (Lipinski definition) is 6. The molecule has 2 saturated heterocycles. The van der Waals surface area contributed by atoms with Gasteiger partial charge in [-0.1, -0.05) is 0 Å². The maximum atomic E-state index is 12.2. The van der Waals surface area contributed by atoms with Gasteiger partial charge in [0.2, 0.25) is 11.9 Å². The largest absolute Gasteiger partial charge is 0.381 e. The van der Waals surface area contributed by atoms with E-state index >= 15 is 0 Å². The van der Waals surface area contributed by atoms with Gasteiger partial charge in [0.25, 0.3) is 0 Å². The number of aryl methyl sites for hydroxylation is 1. The van der Waals surface area contributed by atoms with Crippen LogP contribution in [0.15, 0.2) is 30.3 Å².